The first kappa shape index (κ1) is 15.8. The van der Waals surface area contributed by atoms with Crippen molar-refractivity contribution in [2.45, 2.75) is 25.9 Å². The number of carbonyl (C=O) groups excluding carboxylic acids is 1. The van der Waals surface area contributed by atoms with Gasteiger partial charge in [-0.05, 0) is 30.2 Å². The van der Waals surface area contributed by atoms with Gasteiger partial charge in [-0.15, -0.1) is 0 Å². The molecule has 1 aromatic carbocycles. The molecule has 2 rings (SSSR count). The van der Waals surface area contributed by atoms with Crippen molar-refractivity contribution in [3.63, 3.8) is 0 Å². The lowest BCUT2D eigenvalue weighted by molar-refractivity contribution is 0.0177. The Kier molecular flexibility index (Phi) is 5.59. The van der Waals surface area contributed by atoms with Crippen molar-refractivity contribution >= 4 is 6.09 Å². The van der Waals surface area contributed by atoms with Crippen LogP contribution in [0.25, 0.3) is 0 Å². The van der Waals surface area contributed by atoms with Gasteiger partial charge in [0.1, 0.15) is 6.61 Å². The first-order valence-electron chi connectivity index (χ1n) is 7.36. The molecule has 116 valence electrons. The summed E-state index contributed by atoms with van der Waals surface area (Å²) in [4.78, 5) is 13.7. The van der Waals surface area contributed by atoms with Crippen molar-refractivity contribution in [3.8, 4) is 0 Å². The van der Waals surface area contributed by atoms with Crippen LogP contribution >= 0.6 is 0 Å². The molecule has 1 aliphatic heterocycles. The molecular weight excluding hydrogens is 270 g/mol. The highest BCUT2D eigenvalue weighted by atomic mass is 16.6. The maximum absolute atomic E-state index is 12.0. The van der Waals surface area contributed by atoms with Gasteiger partial charge >= 0.3 is 6.09 Å². The third kappa shape index (κ3) is 4.19. The van der Waals surface area contributed by atoms with Gasteiger partial charge in [0.05, 0.1) is 0 Å². The van der Waals surface area contributed by atoms with Crippen molar-refractivity contribution in [3.05, 3.63) is 35.9 Å². The first-order chi connectivity index (χ1) is 10.2. The Bertz CT molecular complexity index is 441. The lowest BCUT2D eigenvalue weighted by Gasteiger charge is -2.40. The van der Waals surface area contributed by atoms with E-state index in [-0.39, 0.29) is 31.3 Å². The van der Waals surface area contributed by atoms with Crippen LogP contribution in [0.3, 0.4) is 0 Å². The van der Waals surface area contributed by atoms with Gasteiger partial charge in [-0.1, -0.05) is 30.3 Å². The van der Waals surface area contributed by atoms with Crippen LogP contribution in [-0.4, -0.2) is 47.5 Å². The summed E-state index contributed by atoms with van der Waals surface area (Å²) in [5.74, 6) is 0. The average molecular weight is 293 g/mol. The summed E-state index contributed by atoms with van der Waals surface area (Å²) in [6.07, 6.45) is 1.67. The second kappa shape index (κ2) is 7.43. The summed E-state index contributed by atoms with van der Waals surface area (Å²) in [6.45, 7) is 1.53. The fraction of sp³-hybridized carbons (Fsp3) is 0.562. The SMILES string of the molecule is O=C(OCc1ccccc1)N1CCC(CO)(CCO)CC1. The number of likely N-dealkylation sites (tertiary alicyclic amines) is 1. The molecule has 21 heavy (non-hydrogen) atoms. The molecule has 1 aromatic rings. The van der Waals surface area contributed by atoms with Gasteiger partial charge in [0.2, 0.25) is 0 Å². The van der Waals surface area contributed by atoms with E-state index in [0.717, 1.165) is 5.56 Å². The van der Waals surface area contributed by atoms with Crippen molar-refractivity contribution in [2.24, 2.45) is 5.41 Å². The summed E-state index contributed by atoms with van der Waals surface area (Å²) in [7, 11) is 0. The fourth-order valence-corrected chi connectivity index (χ4v) is 2.70. The molecule has 1 fully saturated rings. The minimum absolute atomic E-state index is 0.0560. The number of hydrogen-bond acceptors (Lipinski definition) is 4. The summed E-state index contributed by atoms with van der Waals surface area (Å²) in [5.41, 5.74) is 0.721. The van der Waals surface area contributed by atoms with E-state index in [1.807, 2.05) is 30.3 Å². The van der Waals surface area contributed by atoms with Crippen LogP contribution < -0.4 is 0 Å². The van der Waals surface area contributed by atoms with Gasteiger partial charge < -0.3 is 19.8 Å². The number of piperidine rings is 1. The van der Waals surface area contributed by atoms with E-state index in [1.54, 1.807) is 4.90 Å². The molecule has 1 aliphatic rings. The third-order valence-corrected chi connectivity index (χ3v) is 4.26. The van der Waals surface area contributed by atoms with E-state index in [0.29, 0.717) is 32.4 Å². The Balaban J connectivity index is 1.80. The molecule has 1 heterocycles. The molecular formula is C16H23NO4. The summed E-state index contributed by atoms with van der Waals surface area (Å²) < 4.78 is 5.30. The van der Waals surface area contributed by atoms with Crippen molar-refractivity contribution < 1.29 is 19.7 Å². The normalized spacial score (nSPS) is 17.5. The molecule has 0 bridgehead atoms. The van der Waals surface area contributed by atoms with Crippen LogP contribution in [0.4, 0.5) is 4.79 Å². The zero-order valence-corrected chi connectivity index (χ0v) is 12.2. The molecule has 0 radical (unpaired) electrons. The number of nitrogens with zero attached hydrogens (tertiary/aromatic N) is 1. The molecule has 0 unspecified atom stereocenters. The Hall–Kier alpha value is -1.59. The van der Waals surface area contributed by atoms with Crippen molar-refractivity contribution in [2.75, 3.05) is 26.3 Å². The lowest BCUT2D eigenvalue weighted by Crippen LogP contribution is -2.45. The quantitative estimate of drug-likeness (QED) is 0.868. The number of carbonyl (C=O) groups is 1. The Morgan fingerprint density at radius 2 is 1.86 bits per heavy atom. The highest BCUT2D eigenvalue weighted by molar-refractivity contribution is 5.67. The number of amides is 1. The second-order valence-electron chi connectivity index (χ2n) is 5.66. The first-order valence-corrected chi connectivity index (χ1v) is 7.36. The monoisotopic (exact) mass is 293 g/mol. The van der Waals surface area contributed by atoms with Gasteiger partial charge in [0.15, 0.2) is 0 Å². The van der Waals surface area contributed by atoms with Crippen LogP contribution in [0.2, 0.25) is 0 Å². The van der Waals surface area contributed by atoms with Crippen LogP contribution in [0.1, 0.15) is 24.8 Å². The number of rotatable bonds is 5. The van der Waals surface area contributed by atoms with E-state index in [9.17, 15) is 9.90 Å². The van der Waals surface area contributed by atoms with E-state index in [2.05, 4.69) is 0 Å². The molecule has 5 nitrogen and oxygen atoms in total. The van der Waals surface area contributed by atoms with Crippen molar-refractivity contribution in [1.29, 1.82) is 0 Å². The van der Waals surface area contributed by atoms with Crippen LogP contribution in [0.5, 0.6) is 0 Å². The lowest BCUT2D eigenvalue weighted by atomic mass is 9.77. The topological polar surface area (TPSA) is 70.0 Å². The molecule has 0 aromatic heterocycles. The van der Waals surface area contributed by atoms with Gasteiger partial charge in [0.25, 0.3) is 0 Å². The Morgan fingerprint density at radius 3 is 2.43 bits per heavy atom. The largest absolute Gasteiger partial charge is 0.445 e. The predicted octanol–water partition coefficient (Wildman–Crippen LogP) is 1.78. The maximum Gasteiger partial charge on any atom is 0.410 e. The number of benzene rings is 1. The van der Waals surface area contributed by atoms with Gasteiger partial charge in [0, 0.05) is 26.3 Å². The third-order valence-electron chi connectivity index (χ3n) is 4.26. The number of hydrogen-bond donors (Lipinski definition) is 2. The zero-order valence-electron chi connectivity index (χ0n) is 12.2. The van der Waals surface area contributed by atoms with E-state index in [4.69, 9.17) is 9.84 Å². The standard InChI is InChI=1S/C16H23NO4/c18-11-8-16(13-19)6-9-17(10-7-16)15(20)21-12-14-4-2-1-3-5-14/h1-5,18-19H,6-13H2. The summed E-state index contributed by atoms with van der Waals surface area (Å²) in [6, 6.07) is 9.58. The van der Waals surface area contributed by atoms with Gasteiger partial charge in [-0.25, -0.2) is 4.79 Å². The van der Waals surface area contributed by atoms with E-state index in [1.165, 1.54) is 0 Å². The highest BCUT2D eigenvalue weighted by Gasteiger charge is 2.35. The Labute approximate surface area is 125 Å². The van der Waals surface area contributed by atoms with Crippen LogP contribution in [0.15, 0.2) is 30.3 Å². The van der Waals surface area contributed by atoms with Crippen LogP contribution in [-0.2, 0) is 11.3 Å². The predicted molar refractivity (Wildman–Crippen MR) is 78.7 cm³/mol. The molecule has 2 N–H and O–H groups in total. The minimum Gasteiger partial charge on any atom is -0.445 e. The second-order valence-corrected chi connectivity index (χ2v) is 5.66. The average Bonchev–Trinajstić information content (AvgIpc) is 2.54. The van der Waals surface area contributed by atoms with E-state index >= 15 is 0 Å². The van der Waals surface area contributed by atoms with Crippen molar-refractivity contribution in [1.82, 2.24) is 4.90 Å². The number of aliphatic hydroxyl groups is 2. The summed E-state index contributed by atoms with van der Waals surface area (Å²) >= 11 is 0. The molecule has 5 heteroatoms. The summed E-state index contributed by atoms with van der Waals surface area (Å²) in [5, 5.41) is 18.6. The highest BCUT2D eigenvalue weighted by Crippen LogP contribution is 2.34. The Morgan fingerprint density at radius 1 is 1.19 bits per heavy atom. The molecule has 1 saturated heterocycles. The van der Waals surface area contributed by atoms with Gasteiger partial charge in [-0.3, -0.25) is 0 Å². The minimum atomic E-state index is -0.311. The molecule has 0 spiro atoms. The molecule has 1 amide bonds. The van der Waals surface area contributed by atoms with Crippen LogP contribution in [0, 0.1) is 5.41 Å². The molecule has 0 atom stereocenters. The van der Waals surface area contributed by atoms with Gasteiger partial charge in [-0.2, -0.15) is 0 Å². The maximum atomic E-state index is 12.0. The number of ether oxygens (including phenoxy) is 1. The fourth-order valence-electron chi connectivity index (χ4n) is 2.70. The molecule has 0 saturated carbocycles. The van der Waals surface area contributed by atoms with E-state index < -0.39 is 0 Å². The number of aliphatic hydroxyl groups excluding tert-OH is 2. The zero-order chi connectivity index (χ0) is 15.1. The smallest absolute Gasteiger partial charge is 0.410 e. The molecule has 0 aliphatic carbocycles.